The molecule has 200 valence electrons. The minimum Gasteiger partial charge on any atom is -0.395 e. The number of rotatable bonds is 8. The number of anilines is 2. The highest BCUT2D eigenvalue weighted by Gasteiger charge is 2.35. The smallest absolute Gasteiger partial charge is 0.248 e. The molecule has 1 aromatic carbocycles. The second kappa shape index (κ2) is 10.4. The van der Waals surface area contributed by atoms with Gasteiger partial charge >= 0.3 is 0 Å². The number of hydrogen-bond acceptors (Lipinski definition) is 7. The molecule has 2 N–H and O–H groups in total. The van der Waals surface area contributed by atoms with E-state index < -0.39 is 22.6 Å². The zero-order valence-corrected chi connectivity index (χ0v) is 21.2. The van der Waals surface area contributed by atoms with Crippen molar-refractivity contribution in [3.05, 3.63) is 36.7 Å². The molecule has 0 spiro atoms. The van der Waals surface area contributed by atoms with Crippen LogP contribution in [0.25, 0.3) is 17.1 Å². The maximum absolute atomic E-state index is 13.5. The van der Waals surface area contributed by atoms with Gasteiger partial charge in [-0.2, -0.15) is 5.10 Å². The number of piperidine rings is 1. The van der Waals surface area contributed by atoms with Crippen LogP contribution in [0, 0.1) is 0 Å². The van der Waals surface area contributed by atoms with Gasteiger partial charge in [0.05, 0.1) is 41.7 Å². The summed E-state index contributed by atoms with van der Waals surface area (Å²) in [6.45, 7) is 1.22. The number of halogens is 2. The predicted octanol–water partition coefficient (Wildman–Crippen LogP) is 3.61. The number of benzene rings is 1. The molecule has 5 rings (SSSR count). The first-order valence-electron chi connectivity index (χ1n) is 12.6. The molecule has 3 aromatic rings. The van der Waals surface area contributed by atoms with Crippen LogP contribution in [0.5, 0.6) is 0 Å². The largest absolute Gasteiger partial charge is 0.395 e. The highest BCUT2D eigenvalue weighted by atomic mass is 32.2. The van der Waals surface area contributed by atoms with Crippen LogP contribution in [-0.2, 0) is 10.0 Å². The maximum Gasteiger partial charge on any atom is 0.248 e. The van der Waals surface area contributed by atoms with Crippen molar-refractivity contribution in [2.45, 2.75) is 56.9 Å². The Hall–Kier alpha value is -3.06. The van der Waals surface area contributed by atoms with Crippen LogP contribution >= 0.6 is 0 Å². The summed E-state index contributed by atoms with van der Waals surface area (Å²) in [5.74, 6) is -2.97. The molecule has 3 heterocycles. The molecule has 0 amide bonds. The van der Waals surface area contributed by atoms with E-state index in [1.165, 1.54) is 0 Å². The van der Waals surface area contributed by atoms with Crippen molar-refractivity contribution in [2.24, 2.45) is 0 Å². The molecule has 10 nitrogen and oxygen atoms in total. The highest BCUT2D eigenvalue weighted by Crippen LogP contribution is 2.38. The Labute approximate surface area is 214 Å². The summed E-state index contributed by atoms with van der Waals surface area (Å²) < 4.78 is 57.4. The van der Waals surface area contributed by atoms with E-state index in [2.05, 4.69) is 25.0 Å². The van der Waals surface area contributed by atoms with Crippen molar-refractivity contribution < 1.29 is 22.3 Å². The van der Waals surface area contributed by atoms with Crippen molar-refractivity contribution in [3.8, 4) is 17.1 Å². The van der Waals surface area contributed by atoms with Gasteiger partial charge in [0.1, 0.15) is 11.4 Å². The molecule has 1 saturated heterocycles. The van der Waals surface area contributed by atoms with Crippen LogP contribution in [0.2, 0.25) is 0 Å². The molecule has 13 heteroatoms. The highest BCUT2D eigenvalue weighted by molar-refractivity contribution is 7.92. The number of aliphatic hydroxyl groups excluding tert-OH is 1. The summed E-state index contributed by atoms with van der Waals surface area (Å²) in [4.78, 5) is 2.21. The lowest BCUT2D eigenvalue weighted by atomic mass is 9.92. The molecule has 2 aromatic heterocycles. The second-order valence-electron chi connectivity index (χ2n) is 9.71. The monoisotopic (exact) mass is 535 g/mol. The average Bonchev–Trinajstić information content (AvgIpc) is 3.54. The Balaban J connectivity index is 1.40. The summed E-state index contributed by atoms with van der Waals surface area (Å²) in [6, 6.07) is 6.99. The third kappa shape index (κ3) is 5.93. The van der Waals surface area contributed by atoms with Gasteiger partial charge in [-0.1, -0.05) is 5.21 Å². The standard InChI is InChI=1S/C24H31F2N7O3S/c25-24(26)9-6-19(7-10-24)32-13-8-20(28-32)21-17-33(30-27-21)22-5-4-18(29-37(35,36)15-14-34)16-23(22)31-11-2-1-3-12-31/h4-5,8,13,16-17,19,29,34H,1-3,6-7,9-12,14-15H2. The number of aliphatic hydroxyl groups is 1. The molecular formula is C24H31F2N7O3S. The Morgan fingerprint density at radius 1 is 1.05 bits per heavy atom. The number of nitrogens with zero attached hydrogens (tertiary/aromatic N) is 6. The number of aromatic nitrogens is 5. The lowest BCUT2D eigenvalue weighted by Gasteiger charge is -2.30. The Morgan fingerprint density at radius 2 is 1.81 bits per heavy atom. The molecule has 1 aliphatic heterocycles. The fourth-order valence-electron chi connectivity index (χ4n) is 4.99. The minimum atomic E-state index is -3.66. The van der Waals surface area contributed by atoms with Gasteiger partial charge in [0.2, 0.25) is 15.9 Å². The van der Waals surface area contributed by atoms with Crippen LogP contribution < -0.4 is 9.62 Å². The van der Waals surface area contributed by atoms with Gasteiger partial charge in [-0.25, -0.2) is 21.9 Å². The molecule has 1 saturated carbocycles. The zero-order valence-electron chi connectivity index (χ0n) is 20.4. The topological polar surface area (TPSA) is 118 Å². The van der Waals surface area contributed by atoms with Gasteiger partial charge in [-0.15, -0.1) is 5.10 Å². The molecule has 2 fully saturated rings. The number of alkyl halides is 2. The second-order valence-corrected chi connectivity index (χ2v) is 11.6. The maximum atomic E-state index is 13.5. The molecule has 0 bridgehead atoms. The summed E-state index contributed by atoms with van der Waals surface area (Å²) in [5.41, 5.74) is 3.15. The average molecular weight is 536 g/mol. The molecule has 37 heavy (non-hydrogen) atoms. The SMILES string of the molecule is O=S(=O)(CCO)Nc1ccc(-n2cc(-c3ccn(C4CCC(F)(F)CC4)n3)nn2)c(N2CCCCC2)c1. The van der Waals surface area contributed by atoms with Gasteiger partial charge < -0.3 is 10.0 Å². The first-order chi connectivity index (χ1) is 17.7. The normalized spacial score (nSPS) is 18.7. The number of nitrogens with one attached hydrogen (secondary N) is 1. The first kappa shape index (κ1) is 25.6. The lowest BCUT2D eigenvalue weighted by molar-refractivity contribution is -0.0449. The van der Waals surface area contributed by atoms with E-state index in [1.54, 1.807) is 40.0 Å². The van der Waals surface area contributed by atoms with Crippen LogP contribution in [0.4, 0.5) is 20.2 Å². The molecule has 0 atom stereocenters. The minimum absolute atomic E-state index is 0.0590. The molecule has 0 unspecified atom stereocenters. The van der Waals surface area contributed by atoms with Crippen molar-refractivity contribution in [2.75, 3.05) is 35.1 Å². The Bertz CT molecular complexity index is 1330. The Kier molecular flexibility index (Phi) is 7.17. The third-order valence-electron chi connectivity index (χ3n) is 6.98. The van der Waals surface area contributed by atoms with E-state index in [0.717, 1.165) is 43.7 Å². The van der Waals surface area contributed by atoms with E-state index in [1.807, 2.05) is 6.07 Å². The van der Waals surface area contributed by atoms with Gasteiger partial charge in [-0.05, 0) is 56.4 Å². The van der Waals surface area contributed by atoms with E-state index in [9.17, 15) is 17.2 Å². The molecule has 1 aliphatic carbocycles. The summed E-state index contributed by atoms with van der Waals surface area (Å²) in [6.07, 6.45) is 7.28. The van der Waals surface area contributed by atoms with Gasteiger partial charge in [-0.3, -0.25) is 9.40 Å². The predicted molar refractivity (Wildman–Crippen MR) is 136 cm³/mol. The van der Waals surface area contributed by atoms with Crippen molar-refractivity contribution in [1.82, 2.24) is 24.8 Å². The molecule has 2 aliphatic rings. The lowest BCUT2D eigenvalue weighted by Crippen LogP contribution is -2.30. The Morgan fingerprint density at radius 3 is 2.54 bits per heavy atom. The van der Waals surface area contributed by atoms with Gasteiger partial charge in [0.25, 0.3) is 0 Å². The van der Waals surface area contributed by atoms with Crippen molar-refractivity contribution >= 4 is 21.4 Å². The van der Waals surface area contributed by atoms with E-state index in [-0.39, 0.29) is 24.6 Å². The van der Waals surface area contributed by atoms with Crippen LogP contribution in [0.3, 0.4) is 0 Å². The quantitative estimate of drug-likeness (QED) is 0.452. The van der Waals surface area contributed by atoms with Crippen LogP contribution in [0.1, 0.15) is 51.0 Å². The van der Waals surface area contributed by atoms with Crippen molar-refractivity contribution in [1.29, 1.82) is 0 Å². The zero-order chi connectivity index (χ0) is 26.0. The molecule has 0 radical (unpaired) electrons. The summed E-state index contributed by atoms with van der Waals surface area (Å²) >= 11 is 0. The van der Waals surface area contributed by atoms with E-state index in [0.29, 0.717) is 29.9 Å². The van der Waals surface area contributed by atoms with Crippen LogP contribution in [0.15, 0.2) is 36.7 Å². The first-order valence-corrected chi connectivity index (χ1v) is 14.2. The third-order valence-corrected chi connectivity index (χ3v) is 8.24. The van der Waals surface area contributed by atoms with E-state index in [4.69, 9.17) is 5.11 Å². The van der Waals surface area contributed by atoms with Gasteiger partial charge in [0, 0.05) is 32.1 Å². The van der Waals surface area contributed by atoms with E-state index >= 15 is 0 Å². The van der Waals surface area contributed by atoms with Crippen LogP contribution in [-0.4, -0.2) is 69.7 Å². The summed E-state index contributed by atoms with van der Waals surface area (Å²) in [7, 11) is -3.66. The summed E-state index contributed by atoms with van der Waals surface area (Å²) in [5, 5.41) is 22.2. The fraction of sp³-hybridized carbons (Fsp3) is 0.542. The number of sulfonamides is 1. The van der Waals surface area contributed by atoms with Crippen molar-refractivity contribution in [3.63, 3.8) is 0 Å². The fourth-order valence-corrected chi connectivity index (χ4v) is 5.81. The number of hydrogen-bond donors (Lipinski definition) is 2. The molecular weight excluding hydrogens is 504 g/mol. The van der Waals surface area contributed by atoms with Gasteiger partial charge in [0.15, 0.2) is 0 Å².